The van der Waals surface area contributed by atoms with Crippen molar-refractivity contribution in [3.05, 3.63) is 29.5 Å². The molecule has 0 aromatic rings. The predicted molar refractivity (Wildman–Crippen MR) is 54.6 cm³/mol. The summed E-state index contributed by atoms with van der Waals surface area (Å²) in [6.07, 6.45) is 6.19. The third-order valence-electron chi connectivity index (χ3n) is 1.59. The van der Waals surface area contributed by atoms with Gasteiger partial charge in [0.25, 0.3) is 0 Å². The molecule has 0 spiro atoms. The molecule has 0 heterocycles. The summed E-state index contributed by atoms with van der Waals surface area (Å²) in [5.41, 5.74) is 4.32. The van der Waals surface area contributed by atoms with Gasteiger partial charge in [0, 0.05) is 5.57 Å². The summed E-state index contributed by atoms with van der Waals surface area (Å²) < 4.78 is 5.89. The number of hydrogen-bond donors (Lipinski definition) is 0. The van der Waals surface area contributed by atoms with Crippen LogP contribution < -0.4 is 0 Å². The van der Waals surface area contributed by atoms with Crippen LogP contribution in [0.1, 0.15) is 6.92 Å². The third-order valence-corrected chi connectivity index (χ3v) is 2.65. The van der Waals surface area contributed by atoms with E-state index in [-0.39, 0.29) is 6.10 Å². The minimum atomic E-state index is -1.40. The first kappa shape index (κ1) is 9.52. The van der Waals surface area contributed by atoms with Gasteiger partial charge in [-0.15, -0.1) is 5.73 Å². The van der Waals surface area contributed by atoms with Crippen molar-refractivity contribution >= 4 is 8.32 Å². The number of rotatable bonds is 3. The molecule has 1 aliphatic rings. The van der Waals surface area contributed by atoms with Crippen molar-refractivity contribution in [2.45, 2.75) is 32.7 Å². The smallest absolute Gasteiger partial charge is 0.184 e. The van der Waals surface area contributed by atoms with Crippen LogP contribution in [0.25, 0.3) is 0 Å². The van der Waals surface area contributed by atoms with E-state index < -0.39 is 8.32 Å². The van der Waals surface area contributed by atoms with Crippen LogP contribution >= 0.6 is 0 Å². The van der Waals surface area contributed by atoms with Crippen molar-refractivity contribution in [1.29, 1.82) is 0 Å². The van der Waals surface area contributed by atoms with Crippen molar-refractivity contribution < 1.29 is 4.43 Å². The van der Waals surface area contributed by atoms with E-state index in [1.807, 2.05) is 12.2 Å². The molecule has 0 unspecified atom stereocenters. The van der Waals surface area contributed by atoms with Crippen molar-refractivity contribution in [2.24, 2.45) is 0 Å². The molecule has 2 heteroatoms. The van der Waals surface area contributed by atoms with Crippen LogP contribution in [0, 0.1) is 0 Å². The van der Waals surface area contributed by atoms with Crippen LogP contribution in [0.4, 0.5) is 0 Å². The van der Waals surface area contributed by atoms with E-state index in [2.05, 4.69) is 38.4 Å². The first-order chi connectivity index (χ1) is 5.49. The van der Waals surface area contributed by atoms with Gasteiger partial charge in [-0.25, -0.2) is 0 Å². The van der Waals surface area contributed by atoms with Crippen LogP contribution in [0.2, 0.25) is 19.6 Å². The summed E-state index contributed by atoms with van der Waals surface area (Å²) in [5.74, 6) is 0. The van der Waals surface area contributed by atoms with Crippen molar-refractivity contribution in [3.63, 3.8) is 0 Å². The zero-order valence-corrected chi connectivity index (χ0v) is 9.22. The van der Waals surface area contributed by atoms with E-state index >= 15 is 0 Å². The molecule has 0 saturated heterocycles. The lowest BCUT2D eigenvalue weighted by Crippen LogP contribution is -2.30. The van der Waals surface area contributed by atoms with Crippen molar-refractivity contribution in [3.8, 4) is 0 Å². The van der Waals surface area contributed by atoms with Crippen LogP contribution in [0.5, 0.6) is 0 Å². The lowest BCUT2D eigenvalue weighted by molar-refractivity contribution is 0.254. The Kier molecular flexibility index (Phi) is 2.73. The molecule has 66 valence electrons. The monoisotopic (exact) mass is 180 g/mol. The Hall–Kier alpha value is -0.563. The van der Waals surface area contributed by atoms with Gasteiger partial charge in [0.1, 0.15) is 0 Å². The van der Waals surface area contributed by atoms with Gasteiger partial charge < -0.3 is 4.43 Å². The average Bonchev–Trinajstić information content (AvgIpc) is 2.32. The molecule has 0 aromatic heterocycles. The minimum absolute atomic E-state index is 0.201. The minimum Gasteiger partial charge on any atom is -0.410 e. The first-order valence-corrected chi connectivity index (χ1v) is 7.71. The predicted octanol–water partition coefficient (Wildman–Crippen LogP) is 2.88. The van der Waals surface area contributed by atoms with Crippen LogP contribution in [-0.4, -0.2) is 14.4 Å². The van der Waals surface area contributed by atoms with Gasteiger partial charge in [-0.3, -0.25) is 0 Å². The molecule has 1 atom stereocenters. The highest BCUT2D eigenvalue weighted by Crippen LogP contribution is 2.15. The zero-order valence-electron chi connectivity index (χ0n) is 8.22. The Labute approximate surface area is 75.6 Å². The van der Waals surface area contributed by atoms with Gasteiger partial charge in [0.05, 0.1) is 6.10 Å². The lowest BCUT2D eigenvalue weighted by atomic mass is 10.2. The second kappa shape index (κ2) is 3.44. The van der Waals surface area contributed by atoms with E-state index in [1.54, 1.807) is 0 Å². The summed E-state index contributed by atoms with van der Waals surface area (Å²) >= 11 is 0. The summed E-state index contributed by atoms with van der Waals surface area (Å²) in [5, 5.41) is 0. The highest BCUT2D eigenvalue weighted by atomic mass is 28.4. The molecule has 12 heavy (non-hydrogen) atoms. The van der Waals surface area contributed by atoms with Gasteiger partial charge in [0.2, 0.25) is 0 Å². The maximum Gasteiger partial charge on any atom is 0.184 e. The molecule has 1 rings (SSSR count). The first-order valence-electron chi connectivity index (χ1n) is 4.30. The van der Waals surface area contributed by atoms with E-state index in [1.165, 1.54) is 0 Å². The van der Waals surface area contributed by atoms with Crippen molar-refractivity contribution in [1.82, 2.24) is 0 Å². The summed E-state index contributed by atoms with van der Waals surface area (Å²) in [4.78, 5) is 0. The van der Waals surface area contributed by atoms with Gasteiger partial charge in [-0.2, -0.15) is 0 Å². The zero-order chi connectivity index (χ0) is 9.19. The van der Waals surface area contributed by atoms with Gasteiger partial charge in [-0.1, -0.05) is 6.08 Å². The largest absolute Gasteiger partial charge is 0.410 e. The molecule has 1 nitrogen and oxygen atoms in total. The standard InChI is InChI=1S/C10H16OSi/c1-9(11-12(2,3)4)10-7-5-6-8-10/h5-7,9H,1-4H3/t9-/m1/s1. The Morgan fingerprint density at radius 1 is 1.42 bits per heavy atom. The van der Waals surface area contributed by atoms with Gasteiger partial charge >= 0.3 is 0 Å². The van der Waals surface area contributed by atoms with E-state index in [9.17, 15) is 0 Å². The fourth-order valence-corrected chi connectivity index (χ4v) is 2.38. The molecule has 0 aliphatic heterocycles. The second-order valence-electron chi connectivity index (χ2n) is 4.00. The lowest BCUT2D eigenvalue weighted by Gasteiger charge is -2.23. The fraction of sp³-hybridized carbons (Fsp3) is 0.500. The fourth-order valence-electron chi connectivity index (χ4n) is 1.19. The molecule has 0 radical (unpaired) electrons. The molecule has 0 saturated carbocycles. The van der Waals surface area contributed by atoms with Gasteiger partial charge in [0.15, 0.2) is 8.32 Å². The highest BCUT2D eigenvalue weighted by Gasteiger charge is 2.19. The normalized spacial score (nSPS) is 18.2. The maximum atomic E-state index is 5.89. The van der Waals surface area contributed by atoms with E-state index in [4.69, 9.17) is 4.43 Å². The molecular formula is C10H16OSi. The van der Waals surface area contributed by atoms with E-state index in [0.29, 0.717) is 0 Å². The molecule has 0 fully saturated rings. The van der Waals surface area contributed by atoms with Crippen molar-refractivity contribution in [2.75, 3.05) is 0 Å². The maximum absolute atomic E-state index is 5.89. The Bertz CT molecular complexity index is 252. The quantitative estimate of drug-likeness (QED) is 0.479. The molecular weight excluding hydrogens is 164 g/mol. The average molecular weight is 180 g/mol. The summed E-state index contributed by atoms with van der Waals surface area (Å²) in [7, 11) is -1.40. The molecule has 1 aliphatic carbocycles. The molecule has 0 bridgehead atoms. The third kappa shape index (κ3) is 2.82. The Balaban J connectivity index is 2.55. The number of hydrogen-bond acceptors (Lipinski definition) is 1. The topological polar surface area (TPSA) is 9.23 Å². The Morgan fingerprint density at radius 3 is 2.50 bits per heavy atom. The molecule has 0 N–H and O–H groups in total. The second-order valence-corrected chi connectivity index (χ2v) is 8.46. The summed E-state index contributed by atoms with van der Waals surface area (Å²) in [6, 6.07) is 0. The van der Waals surface area contributed by atoms with Crippen LogP contribution in [0.15, 0.2) is 29.5 Å². The summed E-state index contributed by atoms with van der Waals surface area (Å²) in [6.45, 7) is 8.69. The molecule has 0 aromatic carbocycles. The van der Waals surface area contributed by atoms with Crippen LogP contribution in [-0.2, 0) is 4.43 Å². The SMILES string of the molecule is C[C@@H](O[Si](C)(C)C)C1=C=CC=C1. The van der Waals surface area contributed by atoms with Crippen LogP contribution in [0.3, 0.4) is 0 Å². The van der Waals surface area contributed by atoms with E-state index in [0.717, 1.165) is 5.57 Å². The Morgan fingerprint density at radius 2 is 2.08 bits per heavy atom. The molecule has 0 amide bonds. The highest BCUT2D eigenvalue weighted by molar-refractivity contribution is 6.69. The number of allylic oxidation sites excluding steroid dienone is 1. The van der Waals surface area contributed by atoms with Gasteiger partial charge in [-0.05, 0) is 38.7 Å².